The van der Waals surface area contributed by atoms with Gasteiger partial charge in [0.25, 0.3) is 0 Å². The highest BCUT2D eigenvalue weighted by Crippen LogP contribution is 2.36. The van der Waals surface area contributed by atoms with Crippen molar-refractivity contribution in [1.82, 2.24) is 5.43 Å². The third kappa shape index (κ3) is 2.27. The summed E-state index contributed by atoms with van der Waals surface area (Å²) in [6.45, 7) is 7.13. The molecule has 1 aliphatic carbocycles. The zero-order valence-electron chi connectivity index (χ0n) is 9.68. The summed E-state index contributed by atoms with van der Waals surface area (Å²) in [6, 6.07) is 0.307. The average molecular weight is 200 g/mol. The number of nitrogens with one attached hydrogen (secondary N) is 1. The Morgan fingerprint density at radius 2 is 2.14 bits per heavy atom. The van der Waals surface area contributed by atoms with Crippen LogP contribution in [0.25, 0.3) is 0 Å². The van der Waals surface area contributed by atoms with E-state index >= 15 is 0 Å². The van der Waals surface area contributed by atoms with Gasteiger partial charge in [-0.3, -0.25) is 11.3 Å². The highest BCUT2D eigenvalue weighted by Gasteiger charge is 2.40. The molecule has 0 aromatic rings. The molecular weight excluding hydrogens is 176 g/mol. The van der Waals surface area contributed by atoms with Crippen LogP contribution in [0.15, 0.2) is 0 Å². The van der Waals surface area contributed by atoms with Gasteiger partial charge in [-0.2, -0.15) is 0 Å². The first-order valence-corrected chi connectivity index (χ1v) is 5.78. The maximum absolute atomic E-state index is 5.85. The van der Waals surface area contributed by atoms with Crippen molar-refractivity contribution in [2.45, 2.75) is 58.1 Å². The van der Waals surface area contributed by atoms with E-state index in [1.165, 1.54) is 19.3 Å². The fraction of sp³-hybridized carbons (Fsp3) is 1.00. The maximum Gasteiger partial charge on any atom is 0.0820 e. The van der Waals surface area contributed by atoms with Crippen LogP contribution in [0.1, 0.15) is 46.5 Å². The number of ether oxygens (including phenoxy) is 1. The van der Waals surface area contributed by atoms with Crippen LogP contribution < -0.4 is 11.3 Å². The van der Waals surface area contributed by atoms with Crippen LogP contribution in [-0.4, -0.2) is 18.2 Å². The Morgan fingerprint density at radius 3 is 2.43 bits per heavy atom. The van der Waals surface area contributed by atoms with E-state index in [0.29, 0.717) is 12.0 Å². The van der Waals surface area contributed by atoms with Crippen molar-refractivity contribution in [2.24, 2.45) is 11.8 Å². The van der Waals surface area contributed by atoms with E-state index in [2.05, 4.69) is 19.3 Å². The van der Waals surface area contributed by atoms with Crippen LogP contribution in [0.2, 0.25) is 0 Å². The second kappa shape index (κ2) is 5.10. The summed E-state index contributed by atoms with van der Waals surface area (Å²) in [5.74, 6) is 6.35. The van der Waals surface area contributed by atoms with Crippen LogP contribution in [0.5, 0.6) is 0 Å². The molecule has 0 aromatic heterocycles. The maximum atomic E-state index is 5.85. The van der Waals surface area contributed by atoms with Crippen LogP contribution in [0.3, 0.4) is 0 Å². The molecule has 1 rings (SSSR count). The van der Waals surface area contributed by atoms with E-state index in [-0.39, 0.29) is 5.60 Å². The van der Waals surface area contributed by atoms with Crippen molar-refractivity contribution in [3.63, 3.8) is 0 Å². The predicted octanol–water partition coefficient (Wildman–Crippen LogP) is 1.82. The van der Waals surface area contributed by atoms with Gasteiger partial charge in [-0.05, 0) is 39.0 Å². The third-order valence-corrected chi connectivity index (χ3v) is 3.63. The highest BCUT2D eigenvalue weighted by atomic mass is 16.5. The van der Waals surface area contributed by atoms with Crippen LogP contribution in [0.4, 0.5) is 0 Å². The topological polar surface area (TPSA) is 47.3 Å². The lowest BCUT2D eigenvalue weighted by Gasteiger charge is -2.44. The lowest BCUT2D eigenvalue weighted by Crippen LogP contribution is -2.58. The largest absolute Gasteiger partial charge is 0.374 e. The number of nitrogens with two attached hydrogens (primary N) is 1. The SMILES string of the molecule is CCOC(C)(CC)C(NN)C1CCC1. The van der Waals surface area contributed by atoms with Crippen LogP contribution in [-0.2, 0) is 4.74 Å². The molecule has 0 aliphatic heterocycles. The Bertz CT molecular complexity index is 171. The van der Waals surface area contributed by atoms with Crippen molar-refractivity contribution in [1.29, 1.82) is 0 Å². The zero-order chi connectivity index (χ0) is 10.6. The molecule has 3 nitrogen and oxygen atoms in total. The van der Waals surface area contributed by atoms with Gasteiger partial charge in [0.2, 0.25) is 0 Å². The molecule has 3 N–H and O–H groups in total. The van der Waals surface area contributed by atoms with Gasteiger partial charge in [0.1, 0.15) is 0 Å². The first-order valence-electron chi connectivity index (χ1n) is 5.78. The predicted molar refractivity (Wildman–Crippen MR) is 58.8 cm³/mol. The van der Waals surface area contributed by atoms with E-state index < -0.39 is 0 Å². The molecule has 2 atom stereocenters. The summed E-state index contributed by atoms with van der Waals surface area (Å²) < 4.78 is 5.85. The molecule has 0 saturated heterocycles. The molecule has 1 fully saturated rings. The Labute approximate surface area is 87.4 Å². The smallest absolute Gasteiger partial charge is 0.0820 e. The Hall–Kier alpha value is -0.120. The Morgan fingerprint density at radius 1 is 1.50 bits per heavy atom. The van der Waals surface area contributed by atoms with Crippen LogP contribution >= 0.6 is 0 Å². The van der Waals surface area contributed by atoms with E-state index in [1.807, 2.05) is 6.92 Å². The van der Waals surface area contributed by atoms with Gasteiger partial charge in [-0.1, -0.05) is 13.3 Å². The molecule has 3 heteroatoms. The second-order valence-electron chi connectivity index (χ2n) is 4.43. The Balaban J connectivity index is 2.61. The molecule has 0 amide bonds. The molecule has 84 valence electrons. The minimum absolute atomic E-state index is 0.103. The van der Waals surface area contributed by atoms with Gasteiger partial charge in [-0.25, -0.2) is 0 Å². The van der Waals surface area contributed by atoms with E-state index in [0.717, 1.165) is 13.0 Å². The lowest BCUT2D eigenvalue weighted by atomic mass is 9.73. The molecule has 0 bridgehead atoms. The molecule has 0 aromatic carbocycles. The number of hydrazine groups is 1. The Kier molecular flexibility index (Phi) is 4.35. The summed E-state index contributed by atoms with van der Waals surface area (Å²) in [5.41, 5.74) is 2.85. The summed E-state index contributed by atoms with van der Waals surface area (Å²) in [7, 11) is 0. The minimum atomic E-state index is -0.103. The average Bonchev–Trinajstić information content (AvgIpc) is 2.11. The van der Waals surface area contributed by atoms with Crippen LogP contribution in [0, 0.1) is 5.92 Å². The van der Waals surface area contributed by atoms with Gasteiger partial charge in [0.05, 0.1) is 11.6 Å². The van der Waals surface area contributed by atoms with E-state index in [9.17, 15) is 0 Å². The molecule has 0 heterocycles. The number of hydrogen-bond acceptors (Lipinski definition) is 3. The van der Waals surface area contributed by atoms with Gasteiger partial charge in [0.15, 0.2) is 0 Å². The summed E-state index contributed by atoms with van der Waals surface area (Å²) in [4.78, 5) is 0. The van der Waals surface area contributed by atoms with Crippen molar-refractivity contribution in [2.75, 3.05) is 6.61 Å². The fourth-order valence-electron chi connectivity index (χ4n) is 2.33. The molecule has 1 aliphatic rings. The second-order valence-corrected chi connectivity index (χ2v) is 4.43. The minimum Gasteiger partial charge on any atom is -0.374 e. The zero-order valence-corrected chi connectivity index (χ0v) is 9.68. The first kappa shape index (κ1) is 12.0. The van der Waals surface area contributed by atoms with Gasteiger partial charge in [-0.15, -0.1) is 0 Å². The van der Waals surface area contributed by atoms with Crippen molar-refractivity contribution >= 4 is 0 Å². The van der Waals surface area contributed by atoms with E-state index in [4.69, 9.17) is 10.6 Å². The van der Waals surface area contributed by atoms with Gasteiger partial charge < -0.3 is 4.74 Å². The van der Waals surface area contributed by atoms with E-state index in [1.54, 1.807) is 0 Å². The highest BCUT2D eigenvalue weighted by molar-refractivity contribution is 4.95. The monoisotopic (exact) mass is 200 g/mol. The molecule has 0 radical (unpaired) electrons. The number of hydrogen-bond donors (Lipinski definition) is 2. The lowest BCUT2D eigenvalue weighted by molar-refractivity contribution is -0.0783. The summed E-state index contributed by atoms with van der Waals surface area (Å²) in [6.07, 6.45) is 4.93. The number of rotatable bonds is 6. The normalized spacial score (nSPS) is 24.0. The standard InChI is InChI=1S/C11H24N2O/c1-4-11(3,14-5-2)10(13-12)9-7-6-8-9/h9-10,13H,4-8,12H2,1-3H3. The quantitative estimate of drug-likeness (QED) is 0.508. The fourth-order valence-corrected chi connectivity index (χ4v) is 2.33. The third-order valence-electron chi connectivity index (χ3n) is 3.63. The van der Waals surface area contributed by atoms with Crippen molar-refractivity contribution in [3.8, 4) is 0 Å². The van der Waals surface area contributed by atoms with Gasteiger partial charge in [0, 0.05) is 6.61 Å². The summed E-state index contributed by atoms with van der Waals surface area (Å²) in [5, 5.41) is 0. The molecule has 0 spiro atoms. The van der Waals surface area contributed by atoms with Crippen molar-refractivity contribution < 1.29 is 4.74 Å². The van der Waals surface area contributed by atoms with Gasteiger partial charge >= 0.3 is 0 Å². The van der Waals surface area contributed by atoms with Crippen molar-refractivity contribution in [3.05, 3.63) is 0 Å². The molecule has 2 unspecified atom stereocenters. The molecule has 1 saturated carbocycles. The summed E-state index contributed by atoms with van der Waals surface area (Å²) >= 11 is 0. The molecule has 14 heavy (non-hydrogen) atoms. The molecular formula is C11H24N2O. The first-order chi connectivity index (χ1) is 6.68.